The monoisotopic (exact) mass is 322 g/mol. The molecule has 0 aromatic heterocycles. The van der Waals surface area contributed by atoms with Crippen molar-refractivity contribution in [2.24, 2.45) is 0 Å². The van der Waals surface area contributed by atoms with Gasteiger partial charge in [0, 0.05) is 0 Å². The summed E-state index contributed by atoms with van der Waals surface area (Å²) in [5.74, 6) is -0.492. The molecule has 132 valence electrons. The average Bonchev–Trinajstić information content (AvgIpc) is 2.55. The smallest absolute Gasteiger partial charge is 0.334 e. The highest BCUT2D eigenvalue weighted by molar-refractivity contribution is 5.74. The number of hydrogen-bond donors (Lipinski definition) is 1. The fourth-order valence-electron chi connectivity index (χ4n) is 2.14. The van der Waals surface area contributed by atoms with Gasteiger partial charge in [0.1, 0.15) is 0 Å². The fraction of sp³-hybridized carbons (Fsp3) is 0.650. The Morgan fingerprint density at radius 3 is 2.17 bits per heavy atom. The molecule has 0 radical (unpaired) electrons. The van der Waals surface area contributed by atoms with Crippen LogP contribution in [0, 0.1) is 0 Å². The van der Waals surface area contributed by atoms with E-state index in [1.807, 2.05) is 0 Å². The highest BCUT2D eigenvalue weighted by Crippen LogP contribution is 2.09. The first kappa shape index (κ1) is 21.6. The van der Waals surface area contributed by atoms with Gasteiger partial charge in [0.05, 0.1) is 6.61 Å². The number of allylic oxidation sites excluding steroid dienone is 6. The van der Waals surface area contributed by atoms with Crippen LogP contribution in [0.25, 0.3) is 0 Å². The van der Waals surface area contributed by atoms with Crippen LogP contribution in [0.5, 0.6) is 0 Å². The van der Waals surface area contributed by atoms with Gasteiger partial charge in [-0.15, -0.1) is 0 Å². The Labute approximate surface area is 142 Å². The van der Waals surface area contributed by atoms with Gasteiger partial charge >= 0.3 is 5.97 Å². The molecule has 0 saturated heterocycles. The van der Waals surface area contributed by atoms with E-state index in [9.17, 15) is 9.90 Å². The van der Waals surface area contributed by atoms with Crippen molar-refractivity contribution >= 4 is 5.97 Å². The molecule has 0 fully saturated rings. The van der Waals surface area contributed by atoms with Gasteiger partial charge in [-0.25, -0.2) is 4.79 Å². The molecule has 0 rings (SSSR count). The van der Waals surface area contributed by atoms with Crippen LogP contribution in [0.4, 0.5) is 0 Å². The van der Waals surface area contributed by atoms with E-state index in [-0.39, 0.29) is 0 Å². The van der Waals surface area contributed by atoms with Crippen molar-refractivity contribution in [3.63, 3.8) is 0 Å². The van der Waals surface area contributed by atoms with Crippen LogP contribution in [-0.4, -0.2) is 23.8 Å². The number of carbonyl (C=O) groups excluding carboxylic acids is 1. The lowest BCUT2D eigenvalue weighted by Crippen LogP contribution is -2.22. The second kappa shape index (κ2) is 17.0. The molecule has 0 aliphatic heterocycles. The standard InChI is InChI=1S/C20H34O3/c1-3-5-6-7-8-9-10-11-12-13-14-15-16-17-18-19(21)20(22)23-4-2/h5-6,8-9,11-12,19,21H,3-4,7,10,13-18H2,1-2H3/b6-5-,9-8-,12-11-. The molecule has 1 N–H and O–H groups in total. The zero-order valence-electron chi connectivity index (χ0n) is 14.9. The Balaban J connectivity index is 3.40. The molecule has 0 aliphatic carbocycles. The van der Waals surface area contributed by atoms with Crippen LogP contribution in [0.1, 0.15) is 71.6 Å². The summed E-state index contributed by atoms with van der Waals surface area (Å²) < 4.78 is 4.77. The second-order valence-corrected chi connectivity index (χ2v) is 5.55. The summed E-state index contributed by atoms with van der Waals surface area (Å²) in [7, 11) is 0. The molecular formula is C20H34O3. The third-order valence-corrected chi connectivity index (χ3v) is 3.44. The molecule has 3 heteroatoms. The third-order valence-electron chi connectivity index (χ3n) is 3.44. The molecule has 0 heterocycles. The lowest BCUT2D eigenvalue weighted by Gasteiger charge is -2.08. The number of hydrogen-bond acceptors (Lipinski definition) is 3. The van der Waals surface area contributed by atoms with Gasteiger partial charge < -0.3 is 9.84 Å². The quantitative estimate of drug-likeness (QED) is 0.275. The minimum atomic E-state index is -0.950. The number of ether oxygens (including phenoxy) is 1. The van der Waals surface area contributed by atoms with E-state index < -0.39 is 12.1 Å². The molecule has 0 spiro atoms. The molecule has 0 aromatic rings. The van der Waals surface area contributed by atoms with Gasteiger partial charge in [-0.2, -0.15) is 0 Å². The molecule has 0 saturated carbocycles. The molecule has 1 unspecified atom stereocenters. The minimum Gasteiger partial charge on any atom is -0.464 e. The molecule has 3 nitrogen and oxygen atoms in total. The van der Waals surface area contributed by atoms with E-state index in [2.05, 4.69) is 43.4 Å². The first-order valence-corrected chi connectivity index (χ1v) is 9.02. The Kier molecular flexibility index (Phi) is 16.0. The first-order chi connectivity index (χ1) is 11.2. The summed E-state index contributed by atoms with van der Waals surface area (Å²) in [6.07, 6.45) is 21.2. The minimum absolute atomic E-state index is 0.326. The fourth-order valence-corrected chi connectivity index (χ4v) is 2.14. The Hall–Kier alpha value is -1.35. The molecule has 0 aromatic carbocycles. The summed E-state index contributed by atoms with van der Waals surface area (Å²) in [4.78, 5) is 11.2. The van der Waals surface area contributed by atoms with Crippen LogP contribution in [-0.2, 0) is 9.53 Å². The van der Waals surface area contributed by atoms with Gasteiger partial charge in [-0.1, -0.05) is 62.6 Å². The van der Waals surface area contributed by atoms with Crippen LogP contribution >= 0.6 is 0 Å². The van der Waals surface area contributed by atoms with Crippen molar-refractivity contribution in [2.45, 2.75) is 77.7 Å². The SMILES string of the molecule is CC/C=C\C/C=C\C/C=C\CCCCCCC(O)C(=O)OCC. The number of aliphatic hydroxyl groups excluding tert-OH is 1. The van der Waals surface area contributed by atoms with E-state index in [1.54, 1.807) is 6.92 Å². The second-order valence-electron chi connectivity index (χ2n) is 5.55. The summed E-state index contributed by atoms with van der Waals surface area (Å²) in [5, 5.41) is 9.54. The highest BCUT2D eigenvalue weighted by Gasteiger charge is 2.14. The van der Waals surface area contributed by atoms with Crippen molar-refractivity contribution in [1.29, 1.82) is 0 Å². The van der Waals surface area contributed by atoms with Gasteiger partial charge in [-0.05, 0) is 45.4 Å². The molecule has 1 atom stereocenters. The number of unbranched alkanes of at least 4 members (excludes halogenated alkanes) is 4. The largest absolute Gasteiger partial charge is 0.464 e. The van der Waals surface area contributed by atoms with Gasteiger partial charge in [0.15, 0.2) is 6.10 Å². The van der Waals surface area contributed by atoms with E-state index in [0.717, 1.165) is 51.4 Å². The van der Waals surface area contributed by atoms with Gasteiger partial charge in [0.25, 0.3) is 0 Å². The zero-order valence-corrected chi connectivity index (χ0v) is 14.9. The Bertz CT molecular complexity index is 356. The van der Waals surface area contributed by atoms with Crippen molar-refractivity contribution in [1.82, 2.24) is 0 Å². The van der Waals surface area contributed by atoms with Gasteiger partial charge in [-0.3, -0.25) is 0 Å². The normalized spacial score (nSPS) is 13.3. The predicted molar refractivity (Wildman–Crippen MR) is 97.3 cm³/mol. The predicted octanol–water partition coefficient (Wildman–Crippen LogP) is 5.11. The number of esters is 1. The lowest BCUT2D eigenvalue weighted by molar-refractivity contribution is -0.153. The maximum Gasteiger partial charge on any atom is 0.334 e. The van der Waals surface area contributed by atoms with Crippen molar-refractivity contribution in [2.75, 3.05) is 6.61 Å². The molecule has 23 heavy (non-hydrogen) atoms. The summed E-state index contributed by atoms with van der Waals surface area (Å²) >= 11 is 0. The van der Waals surface area contributed by atoms with E-state index in [1.165, 1.54) is 0 Å². The third kappa shape index (κ3) is 15.3. The maximum atomic E-state index is 11.2. The van der Waals surface area contributed by atoms with Crippen molar-refractivity contribution in [3.8, 4) is 0 Å². The van der Waals surface area contributed by atoms with Crippen LogP contribution in [0.3, 0.4) is 0 Å². The Morgan fingerprint density at radius 2 is 1.52 bits per heavy atom. The van der Waals surface area contributed by atoms with E-state index >= 15 is 0 Å². The van der Waals surface area contributed by atoms with Crippen molar-refractivity contribution in [3.05, 3.63) is 36.5 Å². The molecule has 0 amide bonds. The topological polar surface area (TPSA) is 46.5 Å². The van der Waals surface area contributed by atoms with Crippen LogP contribution < -0.4 is 0 Å². The highest BCUT2D eigenvalue weighted by atomic mass is 16.5. The lowest BCUT2D eigenvalue weighted by atomic mass is 10.1. The zero-order chi connectivity index (χ0) is 17.2. The molecule has 0 bridgehead atoms. The first-order valence-electron chi connectivity index (χ1n) is 9.02. The van der Waals surface area contributed by atoms with Gasteiger partial charge in [0.2, 0.25) is 0 Å². The number of aliphatic hydroxyl groups is 1. The van der Waals surface area contributed by atoms with Crippen LogP contribution in [0.2, 0.25) is 0 Å². The number of carbonyl (C=O) groups is 1. The van der Waals surface area contributed by atoms with Crippen molar-refractivity contribution < 1.29 is 14.6 Å². The summed E-state index contributed by atoms with van der Waals surface area (Å²) in [5.41, 5.74) is 0. The molecular weight excluding hydrogens is 288 g/mol. The van der Waals surface area contributed by atoms with Crippen LogP contribution in [0.15, 0.2) is 36.5 Å². The summed E-state index contributed by atoms with van der Waals surface area (Å²) in [6.45, 7) is 4.22. The summed E-state index contributed by atoms with van der Waals surface area (Å²) in [6, 6.07) is 0. The maximum absolute atomic E-state index is 11.2. The molecule has 0 aliphatic rings. The number of rotatable bonds is 14. The van der Waals surface area contributed by atoms with E-state index in [0.29, 0.717) is 13.0 Å². The Morgan fingerprint density at radius 1 is 0.913 bits per heavy atom. The van der Waals surface area contributed by atoms with E-state index in [4.69, 9.17) is 4.74 Å². The average molecular weight is 322 g/mol.